The van der Waals surface area contributed by atoms with Crippen LogP contribution in [0, 0.1) is 24.1 Å². The van der Waals surface area contributed by atoms with E-state index < -0.39 is 5.82 Å². The molecule has 1 aromatic heterocycles. The summed E-state index contributed by atoms with van der Waals surface area (Å²) in [6.45, 7) is 1.77. The van der Waals surface area contributed by atoms with Crippen molar-refractivity contribution in [3.63, 3.8) is 0 Å². The summed E-state index contributed by atoms with van der Waals surface area (Å²) in [7, 11) is 1.72. The van der Waals surface area contributed by atoms with Crippen LogP contribution in [0.2, 0.25) is 0 Å². The van der Waals surface area contributed by atoms with Gasteiger partial charge in [-0.15, -0.1) is 0 Å². The monoisotopic (exact) mass is 258 g/mol. The summed E-state index contributed by atoms with van der Waals surface area (Å²) in [5.41, 5.74) is 0.532. The first-order valence-corrected chi connectivity index (χ1v) is 5.53. The molecule has 2 aromatic rings. The number of halogens is 1. The maximum Gasteiger partial charge on any atom is 0.227 e. The van der Waals surface area contributed by atoms with Gasteiger partial charge in [0.25, 0.3) is 0 Å². The third kappa shape index (κ3) is 2.45. The molecule has 0 amide bonds. The summed E-state index contributed by atoms with van der Waals surface area (Å²) in [6.07, 6.45) is 1.33. The third-order valence-corrected chi connectivity index (χ3v) is 2.57. The lowest BCUT2D eigenvalue weighted by atomic mass is 10.2. The van der Waals surface area contributed by atoms with Crippen LogP contribution in [-0.4, -0.2) is 17.0 Å². The number of anilines is 1. The van der Waals surface area contributed by atoms with Crippen LogP contribution < -0.4 is 10.1 Å². The minimum atomic E-state index is -0.624. The third-order valence-electron chi connectivity index (χ3n) is 2.57. The molecule has 0 aliphatic carbocycles. The molecule has 0 aliphatic heterocycles. The van der Waals surface area contributed by atoms with Crippen molar-refractivity contribution in [3.8, 4) is 17.7 Å². The van der Waals surface area contributed by atoms with E-state index in [1.165, 1.54) is 24.5 Å². The minimum absolute atomic E-state index is 0.131. The highest BCUT2D eigenvalue weighted by Gasteiger charge is 2.13. The van der Waals surface area contributed by atoms with Gasteiger partial charge in [-0.25, -0.2) is 14.4 Å². The standard InChI is InChI=1S/C13H11FN4O/c1-8-12(16-2)17-7-18-13(8)19-11-5-3-4-10(14)9(11)6-15/h3-5,7H,1-2H3,(H,16,17,18). The lowest BCUT2D eigenvalue weighted by Crippen LogP contribution is -2.01. The Morgan fingerprint density at radius 3 is 2.84 bits per heavy atom. The number of nitrogens with zero attached hydrogens (tertiary/aromatic N) is 3. The molecule has 0 saturated heterocycles. The van der Waals surface area contributed by atoms with Crippen molar-refractivity contribution in [1.82, 2.24) is 9.97 Å². The van der Waals surface area contributed by atoms with Gasteiger partial charge in [-0.2, -0.15) is 5.26 Å². The zero-order chi connectivity index (χ0) is 13.8. The summed E-state index contributed by atoms with van der Waals surface area (Å²) in [4.78, 5) is 8.00. The fourth-order valence-electron chi connectivity index (χ4n) is 1.59. The predicted molar refractivity (Wildman–Crippen MR) is 67.5 cm³/mol. The van der Waals surface area contributed by atoms with Crippen LogP contribution in [0.25, 0.3) is 0 Å². The van der Waals surface area contributed by atoms with Gasteiger partial charge in [-0.3, -0.25) is 0 Å². The number of rotatable bonds is 3. The first-order chi connectivity index (χ1) is 9.17. The summed E-state index contributed by atoms with van der Waals surface area (Å²) >= 11 is 0. The zero-order valence-electron chi connectivity index (χ0n) is 10.4. The second kappa shape index (κ2) is 5.31. The van der Waals surface area contributed by atoms with Gasteiger partial charge in [-0.05, 0) is 19.1 Å². The molecule has 1 N–H and O–H groups in total. The molecule has 1 aromatic carbocycles. The van der Waals surface area contributed by atoms with E-state index in [4.69, 9.17) is 10.00 Å². The van der Waals surface area contributed by atoms with Gasteiger partial charge in [0.05, 0.1) is 5.56 Å². The Balaban J connectivity index is 2.43. The lowest BCUT2D eigenvalue weighted by Gasteiger charge is -2.11. The molecule has 0 fully saturated rings. The van der Waals surface area contributed by atoms with Gasteiger partial charge < -0.3 is 10.1 Å². The van der Waals surface area contributed by atoms with Crippen LogP contribution in [0.5, 0.6) is 11.6 Å². The van der Waals surface area contributed by atoms with Crippen LogP contribution in [0.15, 0.2) is 24.5 Å². The Bertz CT molecular complexity index is 652. The number of hydrogen-bond acceptors (Lipinski definition) is 5. The Morgan fingerprint density at radius 1 is 1.37 bits per heavy atom. The fourth-order valence-corrected chi connectivity index (χ4v) is 1.59. The summed E-state index contributed by atoms with van der Waals surface area (Å²) in [6, 6.07) is 5.97. The molecule has 0 radical (unpaired) electrons. The van der Waals surface area contributed by atoms with E-state index in [0.29, 0.717) is 11.4 Å². The van der Waals surface area contributed by atoms with Gasteiger partial charge in [0, 0.05) is 7.05 Å². The largest absolute Gasteiger partial charge is 0.437 e. The normalized spacial score (nSPS) is 9.79. The van der Waals surface area contributed by atoms with Crippen LogP contribution in [0.1, 0.15) is 11.1 Å². The molecule has 0 aliphatic rings. The van der Waals surface area contributed by atoms with Crippen molar-refractivity contribution in [2.24, 2.45) is 0 Å². The second-order valence-electron chi connectivity index (χ2n) is 3.73. The zero-order valence-corrected chi connectivity index (χ0v) is 10.4. The lowest BCUT2D eigenvalue weighted by molar-refractivity contribution is 0.451. The minimum Gasteiger partial charge on any atom is -0.437 e. The van der Waals surface area contributed by atoms with E-state index in [0.717, 1.165) is 0 Å². The molecule has 0 bridgehead atoms. The van der Waals surface area contributed by atoms with E-state index in [-0.39, 0.29) is 17.2 Å². The maximum atomic E-state index is 13.5. The molecule has 5 nitrogen and oxygen atoms in total. The Morgan fingerprint density at radius 2 is 2.16 bits per heavy atom. The van der Waals surface area contributed by atoms with Crippen LogP contribution in [0.4, 0.5) is 10.2 Å². The SMILES string of the molecule is CNc1ncnc(Oc2cccc(F)c2C#N)c1C. The Kier molecular flexibility index (Phi) is 3.57. The molecular formula is C13H11FN4O. The number of hydrogen-bond donors (Lipinski definition) is 1. The van der Waals surface area contributed by atoms with Crippen molar-refractivity contribution < 1.29 is 9.13 Å². The van der Waals surface area contributed by atoms with Gasteiger partial charge in [0.15, 0.2) is 0 Å². The number of ether oxygens (including phenoxy) is 1. The van der Waals surface area contributed by atoms with Crippen molar-refractivity contribution in [1.29, 1.82) is 5.26 Å². The van der Waals surface area contributed by atoms with Gasteiger partial charge >= 0.3 is 0 Å². The molecule has 96 valence electrons. The summed E-state index contributed by atoms with van der Waals surface area (Å²) < 4.78 is 19.0. The first kappa shape index (κ1) is 12.8. The molecule has 6 heteroatoms. The van der Waals surface area contributed by atoms with Crippen molar-refractivity contribution in [2.75, 3.05) is 12.4 Å². The Hall–Kier alpha value is -2.68. The quantitative estimate of drug-likeness (QED) is 0.916. The van der Waals surface area contributed by atoms with E-state index in [2.05, 4.69) is 15.3 Å². The molecule has 2 rings (SSSR count). The molecule has 19 heavy (non-hydrogen) atoms. The molecule has 1 heterocycles. The highest BCUT2D eigenvalue weighted by atomic mass is 19.1. The Labute approximate surface area is 109 Å². The predicted octanol–water partition coefficient (Wildman–Crippen LogP) is 2.63. The van der Waals surface area contributed by atoms with Crippen LogP contribution >= 0.6 is 0 Å². The summed E-state index contributed by atoms with van der Waals surface area (Å²) in [5.74, 6) is 0.397. The average Bonchev–Trinajstić information content (AvgIpc) is 2.41. The molecular weight excluding hydrogens is 247 g/mol. The van der Waals surface area contributed by atoms with Gasteiger partial charge in [-0.1, -0.05) is 6.07 Å². The highest BCUT2D eigenvalue weighted by molar-refractivity contribution is 5.50. The second-order valence-corrected chi connectivity index (χ2v) is 3.73. The number of benzene rings is 1. The topological polar surface area (TPSA) is 70.8 Å². The molecule has 0 atom stereocenters. The highest BCUT2D eigenvalue weighted by Crippen LogP contribution is 2.29. The van der Waals surface area contributed by atoms with E-state index in [1.807, 2.05) is 0 Å². The maximum absolute atomic E-state index is 13.5. The summed E-state index contributed by atoms with van der Waals surface area (Å²) in [5, 5.41) is 11.8. The number of nitriles is 1. The van der Waals surface area contributed by atoms with Crippen molar-refractivity contribution >= 4 is 5.82 Å². The molecule has 0 saturated carbocycles. The van der Waals surface area contributed by atoms with E-state index in [1.54, 1.807) is 20.0 Å². The van der Waals surface area contributed by atoms with Gasteiger partial charge in [0.2, 0.25) is 5.88 Å². The fraction of sp³-hybridized carbons (Fsp3) is 0.154. The molecule has 0 spiro atoms. The van der Waals surface area contributed by atoms with Gasteiger partial charge in [0.1, 0.15) is 35.3 Å². The average molecular weight is 258 g/mol. The number of aromatic nitrogens is 2. The van der Waals surface area contributed by atoms with Crippen molar-refractivity contribution in [2.45, 2.75) is 6.92 Å². The van der Waals surface area contributed by atoms with Crippen LogP contribution in [0.3, 0.4) is 0 Å². The van der Waals surface area contributed by atoms with Crippen molar-refractivity contribution in [3.05, 3.63) is 41.5 Å². The first-order valence-electron chi connectivity index (χ1n) is 5.53. The smallest absolute Gasteiger partial charge is 0.227 e. The number of nitrogens with one attached hydrogen (secondary N) is 1. The molecule has 0 unspecified atom stereocenters. The van der Waals surface area contributed by atoms with E-state index in [9.17, 15) is 4.39 Å². The van der Waals surface area contributed by atoms with Crippen LogP contribution in [-0.2, 0) is 0 Å². The van der Waals surface area contributed by atoms with E-state index >= 15 is 0 Å².